The van der Waals surface area contributed by atoms with Crippen molar-refractivity contribution >= 4 is 80.7 Å². The molecule has 2 aromatic rings. The Hall–Kier alpha value is -0.0400. The van der Waals surface area contributed by atoms with E-state index in [0.29, 0.717) is 29.9 Å². The van der Waals surface area contributed by atoms with Gasteiger partial charge in [0.05, 0.1) is 22.9 Å². The maximum absolute atomic E-state index is 13.5. The van der Waals surface area contributed by atoms with Crippen molar-refractivity contribution in [3.63, 3.8) is 0 Å². The van der Waals surface area contributed by atoms with Gasteiger partial charge in [-0.1, -0.05) is 46.4 Å². The molecule has 0 aliphatic rings. The van der Waals surface area contributed by atoms with Crippen molar-refractivity contribution in [3.8, 4) is 0 Å². The summed E-state index contributed by atoms with van der Waals surface area (Å²) >= 11 is 26.4. The number of nitrogens with one attached hydrogen (secondary N) is 1. The summed E-state index contributed by atoms with van der Waals surface area (Å²) < 4.78 is 13.5. The lowest BCUT2D eigenvalue weighted by molar-refractivity contribution is -0.135. The first-order valence-electron chi connectivity index (χ1n) is 6.99. The molecular weight excluding hydrogens is 479 g/mol. The highest BCUT2D eigenvalue weighted by Crippen LogP contribution is 2.74. The van der Waals surface area contributed by atoms with Crippen LogP contribution < -0.4 is 5.32 Å². The Kier molecular flexibility index (Phi) is 8.51. The lowest BCUT2D eigenvalue weighted by Crippen LogP contribution is -2.22. The Balaban J connectivity index is 2.31. The summed E-state index contributed by atoms with van der Waals surface area (Å²) in [6.45, 7) is -0.322. The Morgan fingerprint density at radius 2 is 1.42 bits per heavy atom. The molecule has 11 heteroatoms. The van der Waals surface area contributed by atoms with Crippen molar-refractivity contribution in [2.45, 2.75) is 9.79 Å². The molecular formula is C15H12Cl4NO3PS2. The zero-order chi connectivity index (χ0) is 19.3. The average Bonchev–Trinajstić information content (AvgIpc) is 2.54. The molecule has 0 aliphatic carbocycles. The molecule has 140 valence electrons. The minimum absolute atomic E-state index is 0.0552. The van der Waals surface area contributed by atoms with Gasteiger partial charge >= 0.3 is 5.97 Å². The average molecular weight is 491 g/mol. The number of benzene rings is 2. The Bertz CT molecular complexity index is 811. The fourth-order valence-electron chi connectivity index (χ4n) is 1.78. The van der Waals surface area contributed by atoms with Crippen LogP contribution in [0.3, 0.4) is 0 Å². The van der Waals surface area contributed by atoms with Crippen LogP contribution in [0, 0.1) is 0 Å². The van der Waals surface area contributed by atoms with Gasteiger partial charge in [0.25, 0.3) is 0 Å². The van der Waals surface area contributed by atoms with Gasteiger partial charge in [-0.05, 0) is 59.2 Å². The molecule has 26 heavy (non-hydrogen) atoms. The van der Waals surface area contributed by atoms with Crippen LogP contribution in [0.2, 0.25) is 20.1 Å². The topological polar surface area (TPSA) is 66.4 Å². The maximum atomic E-state index is 13.5. The summed E-state index contributed by atoms with van der Waals surface area (Å²) in [6, 6.07) is 9.69. The molecule has 0 atom stereocenters. The van der Waals surface area contributed by atoms with Crippen LogP contribution in [0.5, 0.6) is 0 Å². The number of hydrogen-bond donors (Lipinski definition) is 2. The molecule has 2 aromatic carbocycles. The van der Waals surface area contributed by atoms with Crippen molar-refractivity contribution in [2.75, 3.05) is 12.8 Å². The van der Waals surface area contributed by atoms with Crippen LogP contribution in [0.25, 0.3) is 0 Å². The van der Waals surface area contributed by atoms with Gasteiger partial charge in [0.1, 0.15) is 0 Å². The summed E-state index contributed by atoms with van der Waals surface area (Å²) in [5.74, 6) is -1.05. The minimum atomic E-state index is -3.14. The lowest BCUT2D eigenvalue weighted by atomic mass is 10.4. The summed E-state index contributed by atoms with van der Waals surface area (Å²) in [5, 5.41) is 13.2. The van der Waals surface area contributed by atoms with E-state index in [1.807, 2.05) is 0 Å². The molecule has 0 unspecified atom stereocenters. The molecule has 2 rings (SSSR count). The number of carbonyl (C=O) groups is 1. The van der Waals surface area contributed by atoms with E-state index in [0.717, 1.165) is 22.8 Å². The number of halogens is 4. The predicted octanol–water partition coefficient (Wildman–Crippen LogP) is 7.01. The van der Waals surface area contributed by atoms with Gasteiger partial charge < -0.3 is 5.11 Å². The van der Waals surface area contributed by atoms with Gasteiger partial charge in [-0.25, -0.2) is 0 Å². The second-order valence-electron chi connectivity index (χ2n) is 4.92. The molecule has 0 heterocycles. The Morgan fingerprint density at radius 3 is 1.85 bits per heavy atom. The quantitative estimate of drug-likeness (QED) is 0.388. The molecule has 0 saturated carbocycles. The van der Waals surface area contributed by atoms with Crippen LogP contribution in [-0.4, -0.2) is 23.9 Å². The number of hydrogen-bond acceptors (Lipinski definition) is 5. The monoisotopic (exact) mass is 489 g/mol. The minimum Gasteiger partial charge on any atom is -0.480 e. The summed E-state index contributed by atoms with van der Waals surface area (Å²) in [4.78, 5) is 11.8. The molecule has 0 bridgehead atoms. The van der Waals surface area contributed by atoms with Gasteiger partial charge in [-0.3, -0.25) is 14.7 Å². The number of rotatable bonds is 8. The fourth-order valence-corrected chi connectivity index (χ4v) is 10.4. The largest absolute Gasteiger partial charge is 0.480 e. The van der Waals surface area contributed by atoms with E-state index >= 15 is 0 Å². The summed E-state index contributed by atoms with van der Waals surface area (Å²) in [7, 11) is 0. The van der Waals surface area contributed by atoms with Crippen LogP contribution in [0.1, 0.15) is 0 Å². The second-order valence-corrected chi connectivity index (χ2v) is 14.7. The highest BCUT2D eigenvalue weighted by atomic mass is 35.5. The highest BCUT2D eigenvalue weighted by molar-refractivity contribution is 8.90. The van der Waals surface area contributed by atoms with E-state index in [4.69, 9.17) is 51.5 Å². The van der Waals surface area contributed by atoms with Crippen LogP contribution in [0.15, 0.2) is 46.2 Å². The SMILES string of the molecule is O=C(O)CNCP(=O)(Sc1cc(Cl)ccc1Cl)Sc1cc(Cl)ccc1Cl. The molecule has 2 N–H and O–H groups in total. The van der Waals surface area contributed by atoms with Gasteiger partial charge in [0.15, 0.2) is 0 Å². The number of aliphatic carboxylic acids is 1. The third kappa shape index (κ3) is 6.84. The summed E-state index contributed by atoms with van der Waals surface area (Å²) in [6.07, 6.45) is -0.0552. The Labute approximate surface area is 178 Å². The Morgan fingerprint density at radius 1 is 0.962 bits per heavy atom. The third-order valence-corrected chi connectivity index (χ3v) is 11.4. The standard InChI is InChI=1S/C15H12Cl4NO3PS2/c16-9-1-3-11(18)13(5-9)25-24(23,8-20-7-15(21)22)26-14-6-10(17)2-4-12(14)19/h1-6,20H,7-8H2,(H,21,22). The smallest absolute Gasteiger partial charge is 0.317 e. The molecule has 0 spiro atoms. The molecule has 0 saturated heterocycles. The zero-order valence-corrected chi connectivity index (χ0v) is 18.5. The van der Waals surface area contributed by atoms with Gasteiger partial charge in [-0.15, -0.1) is 0 Å². The van der Waals surface area contributed by atoms with E-state index < -0.39 is 11.5 Å². The van der Waals surface area contributed by atoms with E-state index in [9.17, 15) is 9.36 Å². The van der Waals surface area contributed by atoms with Gasteiger partial charge in [-0.2, -0.15) is 0 Å². The predicted molar refractivity (Wildman–Crippen MR) is 113 cm³/mol. The maximum Gasteiger partial charge on any atom is 0.317 e. The first-order chi connectivity index (χ1) is 12.2. The molecule has 4 nitrogen and oxygen atoms in total. The first-order valence-corrected chi connectivity index (χ1v) is 13.2. The highest BCUT2D eigenvalue weighted by Gasteiger charge is 2.28. The van der Waals surface area contributed by atoms with E-state index in [2.05, 4.69) is 5.32 Å². The van der Waals surface area contributed by atoms with Crippen molar-refractivity contribution < 1.29 is 14.5 Å². The number of carboxylic acids is 1. The fraction of sp³-hybridized carbons (Fsp3) is 0.133. The van der Waals surface area contributed by atoms with Gasteiger partial charge in [0, 0.05) is 19.8 Å². The van der Waals surface area contributed by atoms with E-state index in [1.54, 1.807) is 36.4 Å². The van der Waals surface area contributed by atoms with Gasteiger partial charge in [0.2, 0.25) is 5.55 Å². The van der Waals surface area contributed by atoms with Crippen LogP contribution >= 0.6 is 74.7 Å². The molecule has 0 fully saturated rings. The third-order valence-electron chi connectivity index (χ3n) is 2.84. The van der Waals surface area contributed by atoms with Crippen molar-refractivity contribution in [3.05, 3.63) is 56.5 Å². The normalized spacial score (nSPS) is 11.5. The van der Waals surface area contributed by atoms with Crippen molar-refractivity contribution in [1.82, 2.24) is 5.32 Å². The molecule has 0 amide bonds. The van der Waals surface area contributed by atoms with E-state index in [-0.39, 0.29) is 12.8 Å². The molecule has 0 aliphatic heterocycles. The lowest BCUT2D eigenvalue weighted by Gasteiger charge is -2.19. The second kappa shape index (κ2) is 9.94. The van der Waals surface area contributed by atoms with E-state index in [1.165, 1.54) is 0 Å². The molecule has 0 aromatic heterocycles. The number of carboxylic acid groups (broad SMARTS) is 1. The molecule has 0 radical (unpaired) electrons. The summed E-state index contributed by atoms with van der Waals surface area (Å²) in [5.41, 5.74) is -3.14. The van der Waals surface area contributed by atoms with Crippen LogP contribution in [-0.2, 0) is 9.36 Å². The van der Waals surface area contributed by atoms with Crippen LogP contribution in [0.4, 0.5) is 0 Å². The zero-order valence-electron chi connectivity index (χ0n) is 12.9. The van der Waals surface area contributed by atoms with Crippen molar-refractivity contribution in [2.24, 2.45) is 0 Å². The first kappa shape index (κ1) is 22.3. The van der Waals surface area contributed by atoms with Crippen molar-refractivity contribution in [1.29, 1.82) is 0 Å².